The van der Waals surface area contributed by atoms with Crippen LogP contribution < -0.4 is 0 Å². The van der Waals surface area contributed by atoms with E-state index in [0.717, 1.165) is 0 Å². The molecule has 1 rings (SSSR count). The van der Waals surface area contributed by atoms with Gasteiger partial charge in [-0.05, 0) is 19.6 Å². The largest absolute Gasteiger partial charge is 0.400 e. The average molecular weight is 342 g/mol. The predicted molar refractivity (Wildman–Crippen MR) is 73.9 cm³/mol. The van der Waals surface area contributed by atoms with Gasteiger partial charge in [-0.1, -0.05) is 18.7 Å². The minimum atomic E-state index is -5.05. The van der Waals surface area contributed by atoms with E-state index in [-0.39, 0.29) is 23.3 Å². The number of H-pyrrole nitrogens is 1. The molecule has 0 saturated carbocycles. The van der Waals surface area contributed by atoms with E-state index >= 15 is 0 Å². The number of aromatic amines is 1. The molecule has 0 fully saturated rings. The first kappa shape index (κ1) is 17.8. The molecular formula is C10H16F2N4O3S2. The first-order valence-corrected chi connectivity index (χ1v) is 8.66. The van der Waals surface area contributed by atoms with Crippen LogP contribution in [0.25, 0.3) is 0 Å². The van der Waals surface area contributed by atoms with Gasteiger partial charge in [0.25, 0.3) is 20.9 Å². The summed E-state index contributed by atoms with van der Waals surface area (Å²) in [4.78, 5) is 16.7. The lowest BCUT2D eigenvalue weighted by Gasteiger charge is -2.16. The highest BCUT2D eigenvalue weighted by atomic mass is 32.3. The molecule has 1 aromatic heterocycles. The Hall–Kier alpha value is -1.23. The van der Waals surface area contributed by atoms with Crippen molar-refractivity contribution in [2.45, 2.75) is 30.5 Å². The van der Waals surface area contributed by atoms with Gasteiger partial charge >= 0.3 is 4.59 Å². The fourth-order valence-electron chi connectivity index (χ4n) is 1.47. The number of nitrogens with zero attached hydrogens (tertiary/aromatic N) is 3. The van der Waals surface area contributed by atoms with Crippen molar-refractivity contribution in [2.24, 2.45) is 0 Å². The molecule has 7 nitrogen and oxygen atoms in total. The zero-order valence-electron chi connectivity index (χ0n) is 11.8. The van der Waals surface area contributed by atoms with Crippen LogP contribution in [0.2, 0.25) is 0 Å². The third-order valence-electron chi connectivity index (χ3n) is 2.58. The summed E-state index contributed by atoms with van der Waals surface area (Å²) in [6.07, 6.45) is 0. The summed E-state index contributed by atoms with van der Waals surface area (Å²) >= 11 is -0.0422. The van der Waals surface area contributed by atoms with Gasteiger partial charge in [0.2, 0.25) is 5.82 Å². The summed E-state index contributed by atoms with van der Waals surface area (Å²) in [6, 6.07) is 0. The number of nitrogens with one attached hydrogen (secondary N) is 1. The molecule has 0 aliphatic carbocycles. The molecule has 1 N–H and O–H groups in total. The van der Waals surface area contributed by atoms with Crippen molar-refractivity contribution in [3.63, 3.8) is 0 Å². The first-order chi connectivity index (χ1) is 9.71. The molecule has 0 aromatic carbocycles. The van der Waals surface area contributed by atoms with Crippen molar-refractivity contribution in [1.29, 1.82) is 0 Å². The van der Waals surface area contributed by atoms with E-state index < -0.39 is 25.5 Å². The van der Waals surface area contributed by atoms with E-state index in [1.807, 2.05) is 0 Å². The molecule has 0 aliphatic rings. The summed E-state index contributed by atoms with van der Waals surface area (Å²) in [6.45, 7) is 5.60. The summed E-state index contributed by atoms with van der Waals surface area (Å²) in [5.41, 5.74) is 0. The van der Waals surface area contributed by atoms with Gasteiger partial charge in [-0.3, -0.25) is 9.89 Å². The second-order valence-corrected chi connectivity index (χ2v) is 7.37. The van der Waals surface area contributed by atoms with Crippen LogP contribution in [0.1, 0.15) is 31.4 Å². The molecule has 21 heavy (non-hydrogen) atoms. The van der Waals surface area contributed by atoms with E-state index in [9.17, 15) is 22.0 Å². The van der Waals surface area contributed by atoms with Gasteiger partial charge in [-0.25, -0.2) is 8.42 Å². The summed E-state index contributed by atoms with van der Waals surface area (Å²) in [7, 11) is -5.05. The van der Waals surface area contributed by atoms with Crippen LogP contribution in [0.5, 0.6) is 0 Å². The second-order valence-electron chi connectivity index (χ2n) is 3.84. The third-order valence-corrected chi connectivity index (χ3v) is 5.51. The zero-order chi connectivity index (χ0) is 16.3. The number of halogens is 2. The van der Waals surface area contributed by atoms with Gasteiger partial charge in [-0.2, -0.15) is 13.8 Å². The van der Waals surface area contributed by atoms with Gasteiger partial charge in [-0.15, -0.1) is 5.10 Å². The van der Waals surface area contributed by atoms with Crippen LogP contribution in [0, 0.1) is 0 Å². The normalized spacial score (nSPS) is 12.4. The highest BCUT2D eigenvalue weighted by Gasteiger charge is 2.49. The molecule has 1 heterocycles. The van der Waals surface area contributed by atoms with Gasteiger partial charge in [0.05, 0.1) is 0 Å². The van der Waals surface area contributed by atoms with Crippen LogP contribution >= 0.6 is 11.8 Å². The topological polar surface area (TPSA) is 96.0 Å². The number of hydrogen-bond acceptors (Lipinski definition) is 6. The Morgan fingerprint density at radius 3 is 2.38 bits per heavy atom. The number of carbonyl (C=O) groups excluding carboxylic acids is 1. The lowest BCUT2D eigenvalue weighted by atomic mass is 10.4. The lowest BCUT2D eigenvalue weighted by molar-refractivity contribution is 0.0761. The molecule has 0 bridgehead atoms. The van der Waals surface area contributed by atoms with Gasteiger partial charge in [0.1, 0.15) is 0 Å². The highest BCUT2D eigenvalue weighted by Crippen LogP contribution is 2.37. The molecule has 0 atom stereocenters. The molecule has 0 unspecified atom stereocenters. The molecule has 0 spiro atoms. The third kappa shape index (κ3) is 3.51. The van der Waals surface area contributed by atoms with Crippen LogP contribution in [-0.2, 0) is 9.84 Å². The van der Waals surface area contributed by atoms with Crippen LogP contribution in [0.15, 0.2) is 5.16 Å². The average Bonchev–Trinajstić information content (AvgIpc) is 2.89. The van der Waals surface area contributed by atoms with Gasteiger partial charge < -0.3 is 4.90 Å². The Morgan fingerprint density at radius 2 is 1.90 bits per heavy atom. The number of rotatable bonds is 7. The van der Waals surface area contributed by atoms with Crippen LogP contribution in [0.4, 0.5) is 8.78 Å². The number of thioether (sulfide) groups is 1. The number of sulfone groups is 1. The van der Waals surface area contributed by atoms with Crippen molar-refractivity contribution in [3.05, 3.63) is 5.82 Å². The fourth-order valence-corrected chi connectivity index (χ4v) is 3.60. The highest BCUT2D eigenvalue weighted by molar-refractivity contribution is 8.14. The van der Waals surface area contributed by atoms with Crippen molar-refractivity contribution in [1.82, 2.24) is 20.1 Å². The molecule has 11 heteroatoms. The molecule has 1 amide bonds. The number of alkyl halides is 2. The van der Waals surface area contributed by atoms with Crippen molar-refractivity contribution in [2.75, 3.05) is 18.8 Å². The summed E-state index contributed by atoms with van der Waals surface area (Å²) in [5.74, 6) is -1.07. The quantitative estimate of drug-likeness (QED) is 0.804. The first-order valence-electron chi connectivity index (χ1n) is 6.19. The fraction of sp³-hybridized carbons (Fsp3) is 0.700. The molecule has 120 valence electrons. The standard InChI is InChI=1S/C10H16F2N4O3S2/c1-4-16(5-2)8(17)7-13-9(15-14-7)21(18,19)10(11,12)20-6-3/h4-6H2,1-3H3,(H,13,14,15). The van der Waals surface area contributed by atoms with E-state index in [1.54, 1.807) is 13.8 Å². The van der Waals surface area contributed by atoms with Crippen molar-refractivity contribution in [3.8, 4) is 0 Å². The van der Waals surface area contributed by atoms with Crippen LogP contribution in [-0.4, -0.2) is 57.8 Å². The van der Waals surface area contributed by atoms with E-state index in [4.69, 9.17) is 0 Å². The van der Waals surface area contributed by atoms with Gasteiger partial charge in [0, 0.05) is 13.1 Å². The monoisotopic (exact) mass is 342 g/mol. The molecule has 0 radical (unpaired) electrons. The zero-order valence-corrected chi connectivity index (χ0v) is 13.4. The number of hydrogen-bond donors (Lipinski definition) is 1. The Morgan fingerprint density at radius 1 is 1.33 bits per heavy atom. The van der Waals surface area contributed by atoms with Gasteiger partial charge in [0.15, 0.2) is 0 Å². The SMILES string of the molecule is CCSC(F)(F)S(=O)(=O)c1n[nH]c(C(=O)N(CC)CC)n1. The Balaban J connectivity index is 3.11. The molecular weight excluding hydrogens is 326 g/mol. The molecule has 0 aliphatic heterocycles. The Labute approximate surface area is 125 Å². The lowest BCUT2D eigenvalue weighted by Crippen LogP contribution is -2.31. The number of amides is 1. The van der Waals surface area contributed by atoms with E-state index in [2.05, 4.69) is 15.2 Å². The van der Waals surface area contributed by atoms with E-state index in [0.29, 0.717) is 13.1 Å². The Bertz CT molecular complexity index is 599. The minimum absolute atomic E-state index is 0.0422. The Kier molecular flexibility index (Phi) is 5.68. The van der Waals surface area contributed by atoms with Crippen molar-refractivity contribution < 1.29 is 22.0 Å². The number of aromatic nitrogens is 3. The second kappa shape index (κ2) is 6.69. The predicted octanol–water partition coefficient (Wildman–Crippen LogP) is 1.36. The van der Waals surface area contributed by atoms with E-state index in [1.165, 1.54) is 11.8 Å². The smallest absolute Gasteiger partial charge is 0.337 e. The van der Waals surface area contributed by atoms with Crippen molar-refractivity contribution >= 4 is 27.5 Å². The van der Waals surface area contributed by atoms with Crippen LogP contribution in [0.3, 0.4) is 0 Å². The molecule has 1 aromatic rings. The number of carbonyl (C=O) groups is 1. The maximum Gasteiger partial charge on any atom is 0.400 e. The maximum atomic E-state index is 13.6. The minimum Gasteiger partial charge on any atom is -0.337 e. The summed E-state index contributed by atoms with van der Waals surface area (Å²) in [5, 5.41) is 4.26. The maximum absolute atomic E-state index is 13.6. The molecule has 0 saturated heterocycles. The summed E-state index contributed by atoms with van der Waals surface area (Å²) < 4.78 is 46.6.